The zero-order valence-corrected chi connectivity index (χ0v) is 7.08. The molecule has 0 amide bonds. The van der Waals surface area contributed by atoms with Crippen molar-refractivity contribution in [1.29, 1.82) is 0 Å². The van der Waals surface area contributed by atoms with Crippen molar-refractivity contribution >= 4 is 36.2 Å². The lowest BCUT2D eigenvalue weighted by Crippen LogP contribution is -1.94. The summed E-state index contributed by atoms with van der Waals surface area (Å²) in [5.74, 6) is 0. The molecule has 2 N–H and O–H groups in total. The van der Waals surface area contributed by atoms with Gasteiger partial charge in [0.05, 0.1) is 8.88 Å². The van der Waals surface area contributed by atoms with Gasteiger partial charge >= 0.3 is 0 Å². The van der Waals surface area contributed by atoms with Crippen LogP contribution >= 0.6 is 36.2 Å². The van der Waals surface area contributed by atoms with Gasteiger partial charge in [0.2, 0.25) is 0 Å². The zero-order valence-electron chi connectivity index (χ0n) is 3.33. The molecule has 0 radical (unpaired) electrons. The molecule has 3 atom stereocenters. The minimum Gasteiger partial charge on any atom is -0.248 e. The number of nitrogens with one attached hydrogen (secondary N) is 2. The van der Waals surface area contributed by atoms with Crippen LogP contribution in [0.15, 0.2) is 4.52 Å². The molecule has 1 aliphatic heterocycles. The molecule has 0 bridgehead atoms. The fourth-order valence-electron chi connectivity index (χ4n) is 0.216. The van der Waals surface area contributed by atoms with E-state index in [1.54, 1.807) is 0 Å². The monoisotopic (exact) mass is 175 g/mol. The molecular weight excluding hydrogens is 170 g/mol. The molecular formula is H5ClN3P3. The highest BCUT2D eigenvalue weighted by molar-refractivity contribution is 7.83. The van der Waals surface area contributed by atoms with Gasteiger partial charge in [-0.3, -0.25) is 0 Å². The Morgan fingerprint density at radius 1 is 1.71 bits per heavy atom. The number of hydrogen-bond donors (Lipinski definition) is 2. The van der Waals surface area contributed by atoms with Gasteiger partial charge in [0.1, 0.15) is 7.22 Å². The predicted molar refractivity (Wildman–Crippen MR) is 39.5 cm³/mol. The molecule has 7 heavy (non-hydrogen) atoms. The van der Waals surface area contributed by atoms with Crippen molar-refractivity contribution in [2.45, 2.75) is 0 Å². The average molecular weight is 175 g/mol. The molecule has 0 aromatic rings. The van der Waals surface area contributed by atoms with Crippen LogP contribution in [0.2, 0.25) is 0 Å². The maximum absolute atomic E-state index is 5.61. The molecule has 3 unspecified atom stereocenters. The smallest absolute Gasteiger partial charge is 0.112 e. The van der Waals surface area contributed by atoms with Gasteiger partial charge in [-0.15, -0.1) is 0 Å². The molecule has 0 aliphatic carbocycles. The molecule has 0 fully saturated rings. The van der Waals surface area contributed by atoms with Gasteiger partial charge in [-0.1, -0.05) is 11.2 Å². The molecule has 1 aliphatic rings. The molecule has 7 heteroatoms. The lowest BCUT2D eigenvalue weighted by atomic mass is 13.8. The van der Waals surface area contributed by atoms with Crippen molar-refractivity contribution in [2.24, 2.45) is 4.52 Å². The summed E-state index contributed by atoms with van der Waals surface area (Å²) < 4.78 is 4.01. The minimum atomic E-state index is -0.984. The van der Waals surface area contributed by atoms with Gasteiger partial charge in [-0.25, -0.2) is 14.2 Å². The molecule has 0 aromatic carbocycles. The Labute approximate surface area is 51.1 Å². The summed E-state index contributed by atoms with van der Waals surface area (Å²) in [7, 11) is 0.150. The van der Waals surface area contributed by atoms with Crippen LogP contribution in [0.1, 0.15) is 0 Å². The maximum Gasteiger partial charge on any atom is 0.112 e. The lowest BCUT2D eigenvalue weighted by molar-refractivity contribution is 1.53. The summed E-state index contributed by atoms with van der Waals surface area (Å²) >= 11 is 5.61. The Bertz CT molecular complexity index is 90.2. The van der Waals surface area contributed by atoms with E-state index in [-0.39, 0.29) is 0 Å². The summed E-state index contributed by atoms with van der Waals surface area (Å²) in [6.07, 6.45) is 0. The van der Waals surface area contributed by atoms with Gasteiger partial charge in [0.15, 0.2) is 0 Å². The average Bonchev–Trinajstić information content (AvgIpc) is 1.69. The molecule has 1 heterocycles. The summed E-state index contributed by atoms with van der Waals surface area (Å²) in [4.78, 5) is 6.04. The second kappa shape index (κ2) is 3.35. The van der Waals surface area contributed by atoms with Crippen LogP contribution < -0.4 is 9.72 Å². The maximum atomic E-state index is 5.61. The topological polar surface area (TPSA) is 36.4 Å². The summed E-state index contributed by atoms with van der Waals surface area (Å²) in [6, 6.07) is 0. The normalized spacial score (nSPS) is 38.7. The van der Waals surface area contributed by atoms with Crippen molar-refractivity contribution in [3.63, 3.8) is 0 Å². The van der Waals surface area contributed by atoms with Crippen molar-refractivity contribution in [2.75, 3.05) is 0 Å². The lowest BCUT2D eigenvalue weighted by Gasteiger charge is -2.08. The summed E-state index contributed by atoms with van der Waals surface area (Å²) in [5.41, 5.74) is 0. The Morgan fingerprint density at radius 2 is 2.57 bits per heavy atom. The van der Waals surface area contributed by atoms with Crippen molar-refractivity contribution in [3.05, 3.63) is 0 Å². The molecule has 0 aromatic heterocycles. The molecule has 0 saturated carbocycles. The zero-order chi connectivity index (χ0) is 5.11. The van der Waals surface area contributed by atoms with E-state index in [0.29, 0.717) is 17.8 Å². The Hall–Kier alpha value is 1.30. The third-order valence-electron chi connectivity index (χ3n) is 0.438. The highest BCUT2D eigenvalue weighted by atomic mass is 35.7. The number of halogens is 1. The number of hydrogen-bond acceptors (Lipinski definition) is 3. The first-order valence-electron chi connectivity index (χ1n) is 1.64. The summed E-state index contributed by atoms with van der Waals surface area (Å²) in [5, 5.41) is 0. The summed E-state index contributed by atoms with van der Waals surface area (Å²) in [6.45, 7) is 0. The first kappa shape index (κ1) is 6.42. The largest absolute Gasteiger partial charge is 0.248 e. The third-order valence-corrected chi connectivity index (χ3v) is 5.55. The van der Waals surface area contributed by atoms with Gasteiger partial charge in [0.25, 0.3) is 0 Å². The van der Waals surface area contributed by atoms with Gasteiger partial charge in [-0.05, 0) is 0 Å². The minimum absolute atomic E-state index is 0.520. The van der Waals surface area contributed by atoms with Gasteiger partial charge < -0.3 is 0 Å². The molecule has 3 nitrogen and oxygen atoms in total. The second-order valence-electron chi connectivity index (χ2n) is 0.889. The second-order valence-corrected chi connectivity index (χ2v) is 5.91. The molecule has 42 valence electrons. The van der Waals surface area contributed by atoms with E-state index in [2.05, 4.69) is 14.2 Å². The fourth-order valence-corrected chi connectivity index (χ4v) is 4.32. The Balaban J connectivity index is 2.40. The van der Waals surface area contributed by atoms with E-state index >= 15 is 0 Å². The van der Waals surface area contributed by atoms with E-state index < -0.39 is 7.22 Å². The highest BCUT2D eigenvalue weighted by Crippen LogP contribution is 2.40. The number of rotatable bonds is 0. The molecule has 0 spiro atoms. The van der Waals surface area contributed by atoms with Crippen LogP contribution in [0.5, 0.6) is 0 Å². The predicted octanol–water partition coefficient (Wildman–Crippen LogP) is 1.66. The third kappa shape index (κ3) is 2.37. The number of nitrogens with zero attached hydrogens (tertiary/aromatic N) is 1. The van der Waals surface area contributed by atoms with E-state index in [4.69, 9.17) is 11.2 Å². The standard InChI is InChI=1S/ClH5N3P3/c1-7-3-5-2-6-4-7/h2,5-7H,(H,3,4). The van der Waals surface area contributed by atoms with E-state index in [1.165, 1.54) is 0 Å². The van der Waals surface area contributed by atoms with Crippen LogP contribution in [0.4, 0.5) is 0 Å². The van der Waals surface area contributed by atoms with Crippen molar-refractivity contribution in [3.8, 4) is 0 Å². The van der Waals surface area contributed by atoms with Crippen LogP contribution in [0.3, 0.4) is 0 Å². The van der Waals surface area contributed by atoms with Crippen LogP contribution in [0, 0.1) is 0 Å². The van der Waals surface area contributed by atoms with Gasteiger partial charge in [-0.2, -0.15) is 0 Å². The first-order valence-corrected chi connectivity index (χ1v) is 6.04. The quantitative estimate of drug-likeness (QED) is 0.550. The van der Waals surface area contributed by atoms with Crippen molar-refractivity contribution in [1.82, 2.24) is 9.72 Å². The van der Waals surface area contributed by atoms with Crippen molar-refractivity contribution < 1.29 is 0 Å². The fraction of sp³-hybridized carbons (Fsp3) is 0. The Morgan fingerprint density at radius 3 is 2.86 bits per heavy atom. The van der Waals surface area contributed by atoms with E-state index in [1.807, 2.05) is 0 Å². The van der Waals surface area contributed by atoms with E-state index in [0.717, 1.165) is 0 Å². The van der Waals surface area contributed by atoms with Crippen LogP contribution in [-0.4, -0.2) is 0 Å². The van der Waals surface area contributed by atoms with Crippen LogP contribution in [-0.2, 0) is 0 Å². The van der Waals surface area contributed by atoms with Gasteiger partial charge in [0, 0.05) is 8.88 Å². The Kier molecular flexibility index (Phi) is 3.07. The first-order chi connectivity index (χ1) is 3.39. The molecule has 1 rings (SSSR count). The SMILES string of the molecule is Cl[PH]1=NPNPN1. The molecule has 0 saturated heterocycles. The highest BCUT2D eigenvalue weighted by Gasteiger charge is 1.93. The van der Waals surface area contributed by atoms with Crippen LogP contribution in [0.25, 0.3) is 0 Å². The van der Waals surface area contributed by atoms with E-state index in [9.17, 15) is 0 Å².